The van der Waals surface area contributed by atoms with Crippen molar-refractivity contribution in [3.05, 3.63) is 29.8 Å². The van der Waals surface area contributed by atoms with Crippen LogP contribution in [0, 0.1) is 0 Å². The number of hydrogen-bond acceptors (Lipinski definition) is 4. The molecule has 0 bridgehead atoms. The van der Waals surface area contributed by atoms with Crippen molar-refractivity contribution in [2.24, 2.45) is 0 Å². The molecule has 1 aromatic carbocycles. The molecular formula is C17H23NO5. The van der Waals surface area contributed by atoms with Gasteiger partial charge in [0.05, 0.1) is 7.11 Å². The van der Waals surface area contributed by atoms with Crippen LogP contribution < -0.4 is 10.1 Å². The minimum Gasteiger partial charge on any atom is -0.497 e. The van der Waals surface area contributed by atoms with E-state index in [1.165, 1.54) is 0 Å². The molecule has 6 heteroatoms. The SMILES string of the molecule is COc1ccc(C(C)CC(=O)NC2(C(=O)O)CCOCC2)cc1. The van der Waals surface area contributed by atoms with Crippen LogP contribution in [0.5, 0.6) is 5.75 Å². The second-order valence-electron chi connectivity index (χ2n) is 5.93. The molecule has 1 aromatic rings. The Bertz CT molecular complexity index is 549. The molecule has 0 spiro atoms. The molecule has 6 nitrogen and oxygen atoms in total. The maximum absolute atomic E-state index is 12.3. The summed E-state index contributed by atoms with van der Waals surface area (Å²) in [5, 5.41) is 12.2. The lowest BCUT2D eigenvalue weighted by Crippen LogP contribution is -2.57. The van der Waals surface area contributed by atoms with E-state index in [9.17, 15) is 14.7 Å². The predicted octanol–water partition coefficient (Wildman–Crippen LogP) is 1.94. The Kier molecular flexibility index (Phi) is 5.60. The fourth-order valence-electron chi connectivity index (χ4n) is 2.76. The molecule has 1 heterocycles. The number of ether oxygens (including phenoxy) is 2. The number of benzene rings is 1. The van der Waals surface area contributed by atoms with Gasteiger partial charge in [-0.05, 0) is 23.6 Å². The van der Waals surface area contributed by atoms with Gasteiger partial charge in [-0.15, -0.1) is 0 Å². The van der Waals surface area contributed by atoms with Crippen LogP contribution in [-0.2, 0) is 14.3 Å². The van der Waals surface area contributed by atoms with Gasteiger partial charge in [0.25, 0.3) is 0 Å². The van der Waals surface area contributed by atoms with Gasteiger partial charge >= 0.3 is 5.97 Å². The summed E-state index contributed by atoms with van der Waals surface area (Å²) in [5.41, 5.74) is -0.188. The van der Waals surface area contributed by atoms with Crippen LogP contribution in [0.3, 0.4) is 0 Å². The normalized spacial score (nSPS) is 18.0. The molecule has 0 aliphatic carbocycles. The molecule has 23 heavy (non-hydrogen) atoms. The summed E-state index contributed by atoms with van der Waals surface area (Å²) in [7, 11) is 1.60. The third kappa shape index (κ3) is 4.22. The zero-order chi connectivity index (χ0) is 16.9. The largest absolute Gasteiger partial charge is 0.497 e. The van der Waals surface area contributed by atoms with E-state index in [1.807, 2.05) is 31.2 Å². The lowest BCUT2D eigenvalue weighted by molar-refractivity contribution is -0.152. The number of amides is 1. The van der Waals surface area contributed by atoms with Crippen molar-refractivity contribution in [2.75, 3.05) is 20.3 Å². The number of carbonyl (C=O) groups excluding carboxylic acids is 1. The van der Waals surface area contributed by atoms with E-state index < -0.39 is 11.5 Å². The Balaban J connectivity index is 1.98. The Labute approximate surface area is 135 Å². The number of hydrogen-bond donors (Lipinski definition) is 2. The van der Waals surface area contributed by atoms with Gasteiger partial charge in [0, 0.05) is 32.5 Å². The molecule has 126 valence electrons. The quantitative estimate of drug-likeness (QED) is 0.836. The van der Waals surface area contributed by atoms with Gasteiger partial charge < -0.3 is 19.9 Å². The lowest BCUT2D eigenvalue weighted by atomic mass is 9.89. The summed E-state index contributed by atoms with van der Waals surface area (Å²) in [6, 6.07) is 7.53. The van der Waals surface area contributed by atoms with Crippen LogP contribution in [0.1, 0.15) is 37.7 Å². The average molecular weight is 321 g/mol. The van der Waals surface area contributed by atoms with E-state index in [0.29, 0.717) is 26.1 Å². The molecule has 2 rings (SSSR count). The topological polar surface area (TPSA) is 84.9 Å². The third-order valence-corrected chi connectivity index (χ3v) is 4.31. The molecule has 1 saturated heterocycles. The second kappa shape index (κ2) is 7.46. The second-order valence-corrected chi connectivity index (χ2v) is 5.93. The summed E-state index contributed by atoms with van der Waals surface area (Å²) in [6.07, 6.45) is 0.832. The van der Waals surface area contributed by atoms with Crippen LogP contribution >= 0.6 is 0 Å². The molecule has 0 saturated carbocycles. The van der Waals surface area contributed by atoms with Gasteiger partial charge in [-0.1, -0.05) is 19.1 Å². The molecule has 0 radical (unpaired) electrons. The first-order chi connectivity index (χ1) is 11.0. The number of nitrogens with one attached hydrogen (secondary N) is 1. The molecule has 1 unspecified atom stereocenters. The average Bonchev–Trinajstić information content (AvgIpc) is 2.55. The maximum Gasteiger partial charge on any atom is 0.329 e. The standard InChI is InChI=1S/C17H23NO5/c1-12(13-3-5-14(22-2)6-4-13)11-15(19)18-17(16(20)21)7-9-23-10-8-17/h3-6,12H,7-11H2,1-2H3,(H,18,19)(H,20,21). The first-order valence-electron chi connectivity index (χ1n) is 7.73. The van der Waals surface area contributed by atoms with Crippen molar-refractivity contribution < 1.29 is 24.2 Å². The van der Waals surface area contributed by atoms with Crippen LogP contribution in [0.2, 0.25) is 0 Å². The van der Waals surface area contributed by atoms with Crippen LogP contribution in [-0.4, -0.2) is 42.8 Å². The van der Waals surface area contributed by atoms with E-state index in [4.69, 9.17) is 9.47 Å². The monoisotopic (exact) mass is 321 g/mol. The Morgan fingerprint density at radius 2 is 1.91 bits per heavy atom. The molecular weight excluding hydrogens is 298 g/mol. The highest BCUT2D eigenvalue weighted by Crippen LogP contribution is 2.24. The number of rotatable bonds is 6. The maximum atomic E-state index is 12.3. The number of carboxylic acids is 1. The number of carbonyl (C=O) groups is 2. The third-order valence-electron chi connectivity index (χ3n) is 4.31. The van der Waals surface area contributed by atoms with E-state index in [-0.39, 0.29) is 18.2 Å². The highest BCUT2D eigenvalue weighted by atomic mass is 16.5. The van der Waals surface area contributed by atoms with E-state index in [1.54, 1.807) is 7.11 Å². The fourth-order valence-corrected chi connectivity index (χ4v) is 2.76. The number of carboxylic acid groups (broad SMARTS) is 1. The van der Waals surface area contributed by atoms with E-state index in [0.717, 1.165) is 11.3 Å². The summed E-state index contributed by atoms with van der Waals surface area (Å²) in [6.45, 7) is 2.64. The minimum absolute atomic E-state index is 0.00779. The molecule has 1 atom stereocenters. The van der Waals surface area contributed by atoms with E-state index >= 15 is 0 Å². The molecule has 1 aliphatic rings. The Morgan fingerprint density at radius 1 is 1.30 bits per heavy atom. The van der Waals surface area contributed by atoms with Crippen molar-refractivity contribution in [2.45, 2.75) is 37.6 Å². The first kappa shape index (κ1) is 17.3. The van der Waals surface area contributed by atoms with Gasteiger partial charge in [-0.2, -0.15) is 0 Å². The molecule has 2 N–H and O–H groups in total. The van der Waals surface area contributed by atoms with Gasteiger partial charge in [0.15, 0.2) is 0 Å². The van der Waals surface area contributed by atoms with Crippen LogP contribution in [0.15, 0.2) is 24.3 Å². The van der Waals surface area contributed by atoms with Crippen LogP contribution in [0.4, 0.5) is 0 Å². The zero-order valence-electron chi connectivity index (χ0n) is 13.5. The lowest BCUT2D eigenvalue weighted by Gasteiger charge is -2.34. The van der Waals surface area contributed by atoms with Gasteiger partial charge in [-0.3, -0.25) is 4.79 Å². The van der Waals surface area contributed by atoms with Crippen molar-refractivity contribution >= 4 is 11.9 Å². The fraction of sp³-hybridized carbons (Fsp3) is 0.529. The van der Waals surface area contributed by atoms with Crippen molar-refractivity contribution in [3.63, 3.8) is 0 Å². The Morgan fingerprint density at radius 3 is 2.43 bits per heavy atom. The van der Waals surface area contributed by atoms with E-state index in [2.05, 4.69) is 5.32 Å². The molecule has 1 aliphatic heterocycles. The van der Waals surface area contributed by atoms with Crippen LogP contribution in [0.25, 0.3) is 0 Å². The Hall–Kier alpha value is -2.08. The van der Waals surface area contributed by atoms with Crippen molar-refractivity contribution in [1.29, 1.82) is 0 Å². The predicted molar refractivity (Wildman–Crippen MR) is 84.6 cm³/mol. The smallest absolute Gasteiger partial charge is 0.329 e. The minimum atomic E-state index is -1.20. The highest BCUT2D eigenvalue weighted by Gasteiger charge is 2.41. The molecule has 0 aromatic heterocycles. The van der Waals surface area contributed by atoms with Crippen molar-refractivity contribution in [1.82, 2.24) is 5.32 Å². The van der Waals surface area contributed by atoms with Crippen molar-refractivity contribution in [3.8, 4) is 5.75 Å². The zero-order valence-corrected chi connectivity index (χ0v) is 13.5. The molecule has 1 amide bonds. The van der Waals surface area contributed by atoms with Gasteiger partial charge in [-0.25, -0.2) is 4.79 Å². The van der Waals surface area contributed by atoms with Gasteiger partial charge in [0.1, 0.15) is 11.3 Å². The number of aliphatic carboxylic acids is 1. The highest BCUT2D eigenvalue weighted by molar-refractivity contribution is 5.87. The first-order valence-corrected chi connectivity index (χ1v) is 7.73. The summed E-state index contributed by atoms with van der Waals surface area (Å²) in [4.78, 5) is 23.8. The summed E-state index contributed by atoms with van der Waals surface area (Å²) in [5.74, 6) is -0.493. The molecule has 1 fully saturated rings. The summed E-state index contributed by atoms with van der Waals surface area (Å²) < 4.78 is 10.3. The summed E-state index contributed by atoms with van der Waals surface area (Å²) >= 11 is 0. The number of methoxy groups -OCH3 is 1. The van der Waals surface area contributed by atoms with Gasteiger partial charge in [0.2, 0.25) is 5.91 Å².